The summed E-state index contributed by atoms with van der Waals surface area (Å²) >= 11 is 1.58. The maximum atomic E-state index is 11.8. The van der Waals surface area contributed by atoms with Crippen LogP contribution in [0.2, 0.25) is 0 Å². The van der Waals surface area contributed by atoms with E-state index in [-0.39, 0.29) is 5.91 Å². The number of hydrogen-bond acceptors (Lipinski definition) is 7. The first-order valence-electron chi connectivity index (χ1n) is 7.44. The molecule has 0 aliphatic rings. The van der Waals surface area contributed by atoms with E-state index in [0.717, 1.165) is 10.9 Å². The van der Waals surface area contributed by atoms with Crippen LogP contribution in [0.25, 0.3) is 10.9 Å². The lowest BCUT2D eigenvalue weighted by Crippen LogP contribution is -2.12. The minimum absolute atomic E-state index is 0.102. The van der Waals surface area contributed by atoms with Gasteiger partial charge in [0.25, 0.3) is 0 Å². The first-order chi connectivity index (χ1) is 11.6. The highest BCUT2D eigenvalue weighted by molar-refractivity contribution is 7.98. The van der Waals surface area contributed by atoms with Crippen molar-refractivity contribution in [3.05, 3.63) is 41.9 Å². The number of nitrogens with two attached hydrogens (primary N) is 1. The number of carbonyl (C=O) groups is 1. The highest BCUT2D eigenvalue weighted by Gasteiger charge is 2.08. The van der Waals surface area contributed by atoms with Gasteiger partial charge in [0.05, 0.1) is 11.3 Å². The molecule has 3 rings (SSSR count). The molecule has 0 bridgehead atoms. The third-order valence-electron chi connectivity index (χ3n) is 3.28. The number of para-hydroxylation sites is 1. The summed E-state index contributed by atoms with van der Waals surface area (Å²) in [5, 5.41) is 7.26. The molecule has 0 fully saturated rings. The topological polar surface area (TPSA) is 107 Å². The van der Waals surface area contributed by atoms with E-state index in [1.54, 1.807) is 24.8 Å². The SMILES string of the molecule is Cc1cc(NC(=O)CCSCc2nc(N)c3ccccc3n2)no1. The zero-order valence-corrected chi connectivity index (χ0v) is 14.0. The van der Waals surface area contributed by atoms with Gasteiger partial charge in [-0.05, 0) is 19.1 Å². The first-order valence-corrected chi connectivity index (χ1v) is 8.59. The van der Waals surface area contributed by atoms with E-state index in [1.807, 2.05) is 24.3 Å². The van der Waals surface area contributed by atoms with Gasteiger partial charge in [-0.2, -0.15) is 11.8 Å². The van der Waals surface area contributed by atoms with Crippen LogP contribution in [-0.2, 0) is 10.5 Å². The predicted octanol–water partition coefficient (Wildman–Crippen LogP) is 2.77. The Bertz CT molecular complexity index is 865. The molecule has 2 aromatic heterocycles. The maximum absolute atomic E-state index is 11.8. The molecule has 0 unspecified atom stereocenters. The molecule has 124 valence electrons. The number of carbonyl (C=O) groups excluding carboxylic acids is 1. The van der Waals surface area contributed by atoms with Gasteiger partial charge in [-0.25, -0.2) is 9.97 Å². The van der Waals surface area contributed by atoms with Crippen molar-refractivity contribution in [3.8, 4) is 0 Å². The van der Waals surface area contributed by atoms with Crippen molar-refractivity contribution in [2.45, 2.75) is 19.1 Å². The molecule has 1 amide bonds. The zero-order chi connectivity index (χ0) is 16.9. The van der Waals surface area contributed by atoms with Gasteiger partial charge in [0.2, 0.25) is 5.91 Å². The average Bonchev–Trinajstić information content (AvgIpc) is 2.96. The molecule has 0 radical (unpaired) electrons. The summed E-state index contributed by atoms with van der Waals surface area (Å²) in [5.41, 5.74) is 6.79. The minimum atomic E-state index is -0.102. The number of benzene rings is 1. The number of aromatic nitrogens is 3. The fraction of sp³-hybridized carbons (Fsp3) is 0.250. The third kappa shape index (κ3) is 4.02. The summed E-state index contributed by atoms with van der Waals surface area (Å²) in [7, 11) is 0. The number of nitrogens with one attached hydrogen (secondary N) is 1. The first kappa shape index (κ1) is 16.3. The van der Waals surface area contributed by atoms with Crippen molar-refractivity contribution in [1.82, 2.24) is 15.1 Å². The molecule has 3 aromatic rings. The normalized spacial score (nSPS) is 10.9. The van der Waals surface area contributed by atoms with E-state index >= 15 is 0 Å². The number of anilines is 2. The van der Waals surface area contributed by atoms with Gasteiger partial charge in [-0.1, -0.05) is 17.3 Å². The van der Waals surface area contributed by atoms with Crippen LogP contribution >= 0.6 is 11.8 Å². The van der Waals surface area contributed by atoms with Gasteiger partial charge in [-0.3, -0.25) is 4.79 Å². The van der Waals surface area contributed by atoms with Crippen LogP contribution in [0.4, 0.5) is 11.6 Å². The number of aryl methyl sites for hydroxylation is 1. The Morgan fingerprint density at radius 2 is 2.17 bits per heavy atom. The van der Waals surface area contributed by atoms with Gasteiger partial charge < -0.3 is 15.6 Å². The van der Waals surface area contributed by atoms with Gasteiger partial charge in [-0.15, -0.1) is 0 Å². The number of fused-ring (bicyclic) bond motifs is 1. The summed E-state index contributed by atoms with van der Waals surface area (Å²) in [5.74, 6) is 3.40. The lowest BCUT2D eigenvalue weighted by Gasteiger charge is -2.05. The van der Waals surface area contributed by atoms with E-state index in [0.29, 0.717) is 41.1 Å². The molecule has 0 atom stereocenters. The molecular weight excluding hydrogens is 326 g/mol. The lowest BCUT2D eigenvalue weighted by molar-refractivity contribution is -0.115. The quantitative estimate of drug-likeness (QED) is 0.663. The molecule has 0 spiro atoms. The standard InChI is InChI=1S/C16H17N5O2S/c1-10-8-13(21-23-10)19-15(22)6-7-24-9-14-18-12-5-3-2-4-11(12)16(17)20-14/h2-5,8H,6-7,9H2,1H3,(H2,17,18,20)(H,19,21,22). The van der Waals surface area contributed by atoms with Crippen LogP contribution in [0.15, 0.2) is 34.9 Å². The largest absolute Gasteiger partial charge is 0.383 e. The number of rotatable bonds is 6. The van der Waals surface area contributed by atoms with Crippen LogP contribution in [-0.4, -0.2) is 26.8 Å². The second-order valence-electron chi connectivity index (χ2n) is 5.22. The second kappa shape index (κ2) is 7.31. The fourth-order valence-electron chi connectivity index (χ4n) is 2.17. The van der Waals surface area contributed by atoms with Crippen molar-refractivity contribution < 1.29 is 9.32 Å². The Hall–Kier alpha value is -2.61. The monoisotopic (exact) mass is 343 g/mol. The lowest BCUT2D eigenvalue weighted by atomic mass is 10.2. The number of hydrogen-bond donors (Lipinski definition) is 2. The van der Waals surface area contributed by atoms with Crippen molar-refractivity contribution in [2.75, 3.05) is 16.8 Å². The smallest absolute Gasteiger partial charge is 0.226 e. The summed E-state index contributed by atoms with van der Waals surface area (Å²) in [6.45, 7) is 1.77. The molecule has 24 heavy (non-hydrogen) atoms. The van der Waals surface area contributed by atoms with Crippen LogP contribution in [0.3, 0.4) is 0 Å². The zero-order valence-electron chi connectivity index (χ0n) is 13.2. The minimum Gasteiger partial charge on any atom is -0.383 e. The van der Waals surface area contributed by atoms with E-state index < -0.39 is 0 Å². The number of thioether (sulfide) groups is 1. The van der Waals surface area contributed by atoms with E-state index in [1.165, 1.54) is 0 Å². The van der Waals surface area contributed by atoms with Gasteiger partial charge in [0.1, 0.15) is 17.4 Å². The molecule has 0 saturated heterocycles. The molecule has 0 saturated carbocycles. The summed E-state index contributed by atoms with van der Waals surface area (Å²) in [4.78, 5) is 20.6. The molecule has 7 nitrogen and oxygen atoms in total. The van der Waals surface area contributed by atoms with Crippen LogP contribution in [0, 0.1) is 6.92 Å². The Kier molecular flexibility index (Phi) is 4.95. The second-order valence-corrected chi connectivity index (χ2v) is 6.32. The van der Waals surface area contributed by atoms with E-state index in [9.17, 15) is 4.79 Å². The average molecular weight is 343 g/mol. The van der Waals surface area contributed by atoms with Crippen molar-refractivity contribution >= 4 is 40.2 Å². The maximum Gasteiger partial charge on any atom is 0.226 e. The molecule has 3 N–H and O–H groups in total. The number of nitrogens with zero attached hydrogens (tertiary/aromatic N) is 3. The summed E-state index contributed by atoms with van der Waals surface area (Å²) < 4.78 is 4.90. The molecule has 0 aliphatic heterocycles. The van der Waals surface area contributed by atoms with Gasteiger partial charge in [0, 0.05) is 23.6 Å². The van der Waals surface area contributed by atoms with E-state index in [2.05, 4.69) is 20.4 Å². The van der Waals surface area contributed by atoms with Crippen LogP contribution in [0.1, 0.15) is 18.0 Å². The van der Waals surface area contributed by atoms with Gasteiger partial charge in [0.15, 0.2) is 5.82 Å². The van der Waals surface area contributed by atoms with Crippen LogP contribution < -0.4 is 11.1 Å². The van der Waals surface area contributed by atoms with Crippen LogP contribution in [0.5, 0.6) is 0 Å². The molecular formula is C16H17N5O2S. The van der Waals surface area contributed by atoms with Crippen molar-refractivity contribution in [1.29, 1.82) is 0 Å². The van der Waals surface area contributed by atoms with Crippen molar-refractivity contribution in [2.24, 2.45) is 0 Å². The fourth-order valence-corrected chi connectivity index (χ4v) is 2.96. The molecule has 2 heterocycles. The highest BCUT2D eigenvalue weighted by atomic mass is 32.2. The number of nitrogen functional groups attached to an aromatic ring is 1. The third-order valence-corrected chi connectivity index (χ3v) is 4.23. The van der Waals surface area contributed by atoms with Gasteiger partial charge >= 0.3 is 0 Å². The Labute approximate surface area is 143 Å². The summed E-state index contributed by atoms with van der Waals surface area (Å²) in [6, 6.07) is 9.32. The molecule has 8 heteroatoms. The number of amides is 1. The summed E-state index contributed by atoms with van der Waals surface area (Å²) in [6.07, 6.45) is 0.375. The van der Waals surface area contributed by atoms with Crippen molar-refractivity contribution in [3.63, 3.8) is 0 Å². The highest BCUT2D eigenvalue weighted by Crippen LogP contribution is 2.19. The Morgan fingerprint density at radius 1 is 1.33 bits per heavy atom. The predicted molar refractivity (Wildman–Crippen MR) is 94.6 cm³/mol. The Balaban J connectivity index is 1.49. The molecule has 1 aromatic carbocycles. The van der Waals surface area contributed by atoms with E-state index in [4.69, 9.17) is 10.3 Å². The molecule has 0 aliphatic carbocycles. The Morgan fingerprint density at radius 3 is 2.96 bits per heavy atom.